The van der Waals surface area contributed by atoms with Crippen molar-refractivity contribution in [1.82, 2.24) is 10.3 Å². The fourth-order valence-electron chi connectivity index (χ4n) is 3.42. The van der Waals surface area contributed by atoms with Crippen LogP contribution in [-0.4, -0.2) is 29.3 Å². The van der Waals surface area contributed by atoms with Crippen LogP contribution in [0.3, 0.4) is 0 Å². The van der Waals surface area contributed by atoms with Gasteiger partial charge in [0.05, 0.1) is 12.3 Å². The second-order valence-corrected chi connectivity index (χ2v) is 7.33. The standard InChI is InChI=1S/C22H20N2O3S/c25-12-15-14-28-21(24-15)10-5-11-23-22(26)27-13-20-18-8-3-1-6-16(18)17-7-2-4-9-19(17)20/h1-10,14,20,25H,11-13H2,(H,23,26). The van der Waals surface area contributed by atoms with Crippen LogP contribution in [0.4, 0.5) is 4.79 Å². The van der Waals surface area contributed by atoms with E-state index in [2.05, 4.69) is 34.6 Å². The highest BCUT2D eigenvalue weighted by atomic mass is 32.1. The van der Waals surface area contributed by atoms with Crippen LogP contribution in [0.1, 0.15) is 27.7 Å². The number of rotatable bonds is 6. The minimum atomic E-state index is -0.443. The molecule has 0 saturated carbocycles. The average Bonchev–Trinajstić information content (AvgIpc) is 3.32. The molecule has 28 heavy (non-hydrogen) atoms. The van der Waals surface area contributed by atoms with Gasteiger partial charge >= 0.3 is 6.09 Å². The Morgan fingerprint density at radius 2 is 1.82 bits per heavy atom. The van der Waals surface area contributed by atoms with E-state index < -0.39 is 6.09 Å². The summed E-state index contributed by atoms with van der Waals surface area (Å²) in [6.07, 6.45) is 3.18. The van der Waals surface area contributed by atoms with Gasteiger partial charge in [0.1, 0.15) is 11.6 Å². The molecule has 4 rings (SSSR count). The molecule has 1 aliphatic carbocycles. The van der Waals surface area contributed by atoms with Crippen molar-refractivity contribution < 1.29 is 14.6 Å². The largest absolute Gasteiger partial charge is 0.449 e. The van der Waals surface area contributed by atoms with Crippen molar-refractivity contribution in [3.05, 3.63) is 81.8 Å². The van der Waals surface area contributed by atoms with E-state index >= 15 is 0 Å². The number of amides is 1. The molecule has 0 fully saturated rings. The number of aromatic nitrogens is 1. The van der Waals surface area contributed by atoms with E-state index in [9.17, 15) is 4.79 Å². The zero-order valence-corrected chi connectivity index (χ0v) is 16.0. The molecular weight excluding hydrogens is 372 g/mol. The van der Waals surface area contributed by atoms with E-state index in [1.807, 2.05) is 30.3 Å². The van der Waals surface area contributed by atoms with Crippen LogP contribution in [0.5, 0.6) is 0 Å². The number of aliphatic hydroxyl groups is 1. The Kier molecular flexibility index (Phi) is 5.50. The molecule has 0 spiro atoms. The van der Waals surface area contributed by atoms with E-state index in [0.717, 1.165) is 5.01 Å². The maximum Gasteiger partial charge on any atom is 0.407 e. The monoisotopic (exact) mass is 392 g/mol. The summed E-state index contributed by atoms with van der Waals surface area (Å²) in [5.41, 5.74) is 5.45. The number of carbonyl (C=O) groups is 1. The third-order valence-electron chi connectivity index (χ3n) is 4.70. The van der Waals surface area contributed by atoms with E-state index in [-0.39, 0.29) is 12.5 Å². The van der Waals surface area contributed by atoms with Gasteiger partial charge < -0.3 is 15.2 Å². The van der Waals surface area contributed by atoms with Gasteiger partial charge in [-0.25, -0.2) is 9.78 Å². The molecule has 1 amide bonds. The molecule has 0 bridgehead atoms. The molecule has 1 aliphatic rings. The first kappa shape index (κ1) is 18.4. The Balaban J connectivity index is 1.32. The van der Waals surface area contributed by atoms with Gasteiger partial charge in [-0.2, -0.15) is 0 Å². The van der Waals surface area contributed by atoms with Crippen molar-refractivity contribution in [2.24, 2.45) is 0 Å². The van der Waals surface area contributed by atoms with Crippen LogP contribution >= 0.6 is 11.3 Å². The molecule has 0 radical (unpaired) electrons. The normalized spacial score (nSPS) is 12.8. The number of ether oxygens (including phenoxy) is 1. The number of fused-ring (bicyclic) bond motifs is 3. The maximum absolute atomic E-state index is 12.1. The number of carbonyl (C=O) groups excluding carboxylic acids is 1. The highest BCUT2D eigenvalue weighted by Crippen LogP contribution is 2.44. The summed E-state index contributed by atoms with van der Waals surface area (Å²) in [5.74, 6) is 0.0564. The van der Waals surface area contributed by atoms with Crippen LogP contribution in [0.25, 0.3) is 17.2 Å². The Morgan fingerprint density at radius 3 is 2.46 bits per heavy atom. The number of alkyl carbamates (subject to hydrolysis) is 1. The molecule has 2 N–H and O–H groups in total. The van der Waals surface area contributed by atoms with Gasteiger partial charge in [-0.15, -0.1) is 11.3 Å². The third-order valence-corrected chi connectivity index (χ3v) is 5.56. The van der Waals surface area contributed by atoms with Crippen molar-refractivity contribution in [3.63, 3.8) is 0 Å². The lowest BCUT2D eigenvalue weighted by molar-refractivity contribution is 0.144. The van der Waals surface area contributed by atoms with Gasteiger partial charge in [0.25, 0.3) is 0 Å². The molecule has 6 heteroatoms. The first-order chi connectivity index (χ1) is 13.8. The first-order valence-electron chi connectivity index (χ1n) is 9.07. The Hall–Kier alpha value is -2.96. The predicted molar refractivity (Wildman–Crippen MR) is 110 cm³/mol. The zero-order valence-electron chi connectivity index (χ0n) is 15.2. The molecule has 1 heterocycles. The molecular formula is C22H20N2O3S. The number of hydrogen-bond donors (Lipinski definition) is 2. The molecule has 0 atom stereocenters. The van der Waals surface area contributed by atoms with Crippen LogP contribution < -0.4 is 5.32 Å². The molecule has 142 valence electrons. The van der Waals surface area contributed by atoms with Gasteiger partial charge in [-0.05, 0) is 28.3 Å². The first-order valence-corrected chi connectivity index (χ1v) is 9.95. The van der Waals surface area contributed by atoms with E-state index in [1.54, 1.807) is 11.5 Å². The Labute approximate surface area is 167 Å². The fraction of sp³-hybridized carbons (Fsp3) is 0.182. The van der Waals surface area contributed by atoms with Crippen LogP contribution in [0.2, 0.25) is 0 Å². The summed E-state index contributed by atoms with van der Waals surface area (Å²) in [4.78, 5) is 16.3. The number of thiazole rings is 1. The second-order valence-electron chi connectivity index (χ2n) is 6.44. The highest BCUT2D eigenvalue weighted by molar-refractivity contribution is 7.10. The molecule has 5 nitrogen and oxygen atoms in total. The smallest absolute Gasteiger partial charge is 0.407 e. The van der Waals surface area contributed by atoms with Crippen molar-refractivity contribution in [3.8, 4) is 11.1 Å². The summed E-state index contributed by atoms with van der Waals surface area (Å²) in [6, 6.07) is 16.5. The zero-order chi connectivity index (χ0) is 19.3. The third kappa shape index (κ3) is 3.83. The second kappa shape index (κ2) is 8.37. The minimum Gasteiger partial charge on any atom is -0.449 e. The van der Waals surface area contributed by atoms with Gasteiger partial charge in [0.2, 0.25) is 0 Å². The van der Waals surface area contributed by atoms with Gasteiger partial charge in [0, 0.05) is 17.8 Å². The summed E-state index contributed by atoms with van der Waals surface area (Å²) in [6.45, 7) is 0.586. The summed E-state index contributed by atoms with van der Waals surface area (Å²) < 4.78 is 5.48. The molecule has 0 aliphatic heterocycles. The summed E-state index contributed by atoms with van der Waals surface area (Å²) in [5, 5.41) is 14.3. The van der Waals surface area contributed by atoms with Crippen molar-refractivity contribution in [2.75, 3.05) is 13.2 Å². The van der Waals surface area contributed by atoms with Gasteiger partial charge in [-0.1, -0.05) is 54.6 Å². The van der Waals surface area contributed by atoms with Crippen LogP contribution in [0.15, 0.2) is 60.0 Å². The van der Waals surface area contributed by atoms with E-state index in [0.29, 0.717) is 18.8 Å². The number of nitrogens with zero attached hydrogens (tertiary/aromatic N) is 1. The van der Waals surface area contributed by atoms with Crippen molar-refractivity contribution in [2.45, 2.75) is 12.5 Å². The summed E-state index contributed by atoms with van der Waals surface area (Å²) in [7, 11) is 0. The van der Waals surface area contributed by atoms with Crippen molar-refractivity contribution >= 4 is 23.5 Å². The fourth-order valence-corrected chi connectivity index (χ4v) is 4.15. The number of hydrogen-bond acceptors (Lipinski definition) is 5. The van der Waals surface area contributed by atoms with Crippen LogP contribution in [-0.2, 0) is 11.3 Å². The van der Waals surface area contributed by atoms with Gasteiger partial charge in [-0.3, -0.25) is 0 Å². The lowest BCUT2D eigenvalue weighted by Crippen LogP contribution is -2.26. The Bertz CT molecular complexity index is 967. The molecule has 2 aromatic carbocycles. The highest BCUT2D eigenvalue weighted by Gasteiger charge is 2.28. The number of nitrogens with one attached hydrogen (secondary N) is 1. The summed E-state index contributed by atoms with van der Waals surface area (Å²) >= 11 is 1.45. The minimum absolute atomic E-state index is 0.0564. The molecule has 0 saturated heterocycles. The average molecular weight is 392 g/mol. The van der Waals surface area contributed by atoms with Gasteiger partial charge in [0.15, 0.2) is 0 Å². The van der Waals surface area contributed by atoms with E-state index in [4.69, 9.17) is 9.84 Å². The lowest BCUT2D eigenvalue weighted by Gasteiger charge is -2.14. The number of benzene rings is 2. The molecule has 0 unspecified atom stereocenters. The topological polar surface area (TPSA) is 71.5 Å². The van der Waals surface area contributed by atoms with E-state index in [1.165, 1.54) is 33.6 Å². The Morgan fingerprint density at radius 1 is 1.14 bits per heavy atom. The maximum atomic E-state index is 12.1. The van der Waals surface area contributed by atoms with Crippen molar-refractivity contribution in [1.29, 1.82) is 0 Å². The predicted octanol–water partition coefficient (Wildman–Crippen LogP) is 4.19. The molecule has 1 aromatic heterocycles. The quantitative estimate of drug-likeness (QED) is 0.660. The van der Waals surface area contributed by atoms with Crippen LogP contribution in [0, 0.1) is 0 Å². The SMILES string of the molecule is O=C(NCC=Cc1nc(CO)cs1)OCC1c2ccccc2-c2ccccc21. The molecule has 3 aromatic rings. The lowest BCUT2D eigenvalue weighted by atomic mass is 9.98. The number of aliphatic hydroxyl groups excluding tert-OH is 1.